The monoisotopic (exact) mass is 332 g/mol. The number of nitrogens with zero attached hydrogens (tertiary/aromatic N) is 1. The summed E-state index contributed by atoms with van der Waals surface area (Å²) in [5, 5.41) is 3.08. The molecule has 24 heavy (non-hydrogen) atoms. The molecule has 1 heterocycles. The van der Waals surface area contributed by atoms with E-state index in [0.29, 0.717) is 32.0 Å². The molecular weight excluding hydrogens is 304 g/mol. The van der Waals surface area contributed by atoms with Crippen molar-refractivity contribution in [1.29, 1.82) is 0 Å². The van der Waals surface area contributed by atoms with Crippen LogP contribution in [-0.4, -0.2) is 42.6 Å². The lowest BCUT2D eigenvalue weighted by atomic mass is 10.0. The maximum atomic E-state index is 12.1. The van der Waals surface area contributed by atoms with Gasteiger partial charge in [0.25, 0.3) is 0 Å². The molecular formula is C19H28N2O3. The molecule has 1 fully saturated rings. The summed E-state index contributed by atoms with van der Waals surface area (Å²) in [6.07, 6.45) is 2.59. The average Bonchev–Trinajstić information content (AvgIpc) is 2.59. The Bertz CT molecular complexity index is 523. The number of piperidine rings is 1. The van der Waals surface area contributed by atoms with Crippen molar-refractivity contribution in [3.05, 3.63) is 35.9 Å². The minimum Gasteiger partial charge on any atom is -0.449 e. The van der Waals surface area contributed by atoms with E-state index < -0.39 is 0 Å². The highest BCUT2D eigenvalue weighted by Crippen LogP contribution is 2.12. The van der Waals surface area contributed by atoms with Crippen LogP contribution >= 0.6 is 0 Å². The highest BCUT2D eigenvalue weighted by molar-refractivity contribution is 5.76. The number of benzene rings is 1. The molecule has 0 aliphatic carbocycles. The largest absolute Gasteiger partial charge is 0.449 e. The van der Waals surface area contributed by atoms with Crippen LogP contribution in [0.3, 0.4) is 0 Å². The van der Waals surface area contributed by atoms with Gasteiger partial charge in [-0.25, -0.2) is 4.79 Å². The predicted octanol–water partition coefficient (Wildman–Crippen LogP) is 2.99. The number of hydrogen-bond acceptors (Lipinski definition) is 3. The Balaban J connectivity index is 1.65. The molecule has 2 rings (SSSR count). The summed E-state index contributed by atoms with van der Waals surface area (Å²) < 4.78 is 5.25. The minimum atomic E-state index is -0.238. The summed E-state index contributed by atoms with van der Waals surface area (Å²) in [5.41, 5.74) is 1.18. The zero-order valence-electron chi connectivity index (χ0n) is 14.7. The molecule has 0 atom stereocenters. The number of carbonyl (C=O) groups is 2. The Labute approximate surface area is 144 Å². The summed E-state index contributed by atoms with van der Waals surface area (Å²) in [5.74, 6) is 0.426. The number of nitrogens with one attached hydrogen (secondary N) is 1. The topological polar surface area (TPSA) is 58.6 Å². The second kappa shape index (κ2) is 9.30. The van der Waals surface area contributed by atoms with Gasteiger partial charge in [0.2, 0.25) is 5.91 Å². The Morgan fingerprint density at radius 1 is 1.21 bits per heavy atom. The molecule has 5 heteroatoms. The first-order valence-electron chi connectivity index (χ1n) is 8.79. The molecule has 2 amide bonds. The molecule has 1 N–H and O–H groups in total. The van der Waals surface area contributed by atoms with Gasteiger partial charge in [-0.2, -0.15) is 0 Å². The van der Waals surface area contributed by atoms with E-state index in [0.717, 1.165) is 19.3 Å². The minimum absolute atomic E-state index is 0.0830. The molecule has 1 aromatic rings. The molecule has 1 aromatic carbocycles. The van der Waals surface area contributed by atoms with Crippen molar-refractivity contribution >= 4 is 12.0 Å². The van der Waals surface area contributed by atoms with Crippen molar-refractivity contribution in [2.45, 2.75) is 45.6 Å². The maximum Gasteiger partial charge on any atom is 0.409 e. The zero-order chi connectivity index (χ0) is 17.4. The second-order valence-electron chi connectivity index (χ2n) is 6.79. The van der Waals surface area contributed by atoms with Crippen molar-refractivity contribution in [2.75, 3.05) is 19.7 Å². The number of carbonyl (C=O) groups excluding carboxylic acids is 2. The molecule has 0 aromatic heterocycles. The van der Waals surface area contributed by atoms with Gasteiger partial charge >= 0.3 is 6.09 Å². The molecule has 5 nitrogen and oxygen atoms in total. The quantitative estimate of drug-likeness (QED) is 0.871. The number of rotatable bonds is 6. The van der Waals surface area contributed by atoms with E-state index >= 15 is 0 Å². The highest BCUT2D eigenvalue weighted by Gasteiger charge is 2.24. The number of aryl methyl sites for hydroxylation is 1. The van der Waals surface area contributed by atoms with E-state index in [4.69, 9.17) is 4.74 Å². The van der Waals surface area contributed by atoms with E-state index in [9.17, 15) is 9.59 Å². The van der Waals surface area contributed by atoms with E-state index in [2.05, 4.69) is 5.32 Å². The van der Waals surface area contributed by atoms with Crippen molar-refractivity contribution in [2.24, 2.45) is 5.92 Å². The molecule has 1 saturated heterocycles. The molecule has 0 saturated carbocycles. The summed E-state index contributed by atoms with van der Waals surface area (Å²) in [7, 11) is 0. The smallest absolute Gasteiger partial charge is 0.409 e. The van der Waals surface area contributed by atoms with Crippen LogP contribution < -0.4 is 5.32 Å². The molecule has 0 spiro atoms. The Morgan fingerprint density at radius 2 is 1.88 bits per heavy atom. The Hall–Kier alpha value is -2.04. The van der Waals surface area contributed by atoms with Crippen LogP contribution in [0, 0.1) is 5.92 Å². The summed E-state index contributed by atoms with van der Waals surface area (Å²) in [6, 6.07) is 10.2. The predicted molar refractivity (Wildman–Crippen MR) is 93.7 cm³/mol. The van der Waals surface area contributed by atoms with E-state index in [1.165, 1.54) is 5.56 Å². The first-order chi connectivity index (χ1) is 11.5. The zero-order valence-corrected chi connectivity index (χ0v) is 14.7. The molecule has 1 aliphatic heterocycles. The normalized spacial score (nSPS) is 15.4. The fourth-order valence-electron chi connectivity index (χ4n) is 2.74. The van der Waals surface area contributed by atoms with E-state index in [1.54, 1.807) is 4.90 Å². The van der Waals surface area contributed by atoms with Crippen LogP contribution in [0.4, 0.5) is 4.79 Å². The van der Waals surface area contributed by atoms with Gasteiger partial charge in [-0.05, 0) is 30.7 Å². The molecule has 0 unspecified atom stereocenters. The number of ether oxygens (including phenoxy) is 1. The standard InChI is InChI=1S/C19H28N2O3/c1-15(2)14-24-19(23)21-12-10-17(11-13-21)20-18(22)9-8-16-6-4-3-5-7-16/h3-7,15,17H,8-14H2,1-2H3,(H,20,22). The van der Waals surface area contributed by atoms with Gasteiger partial charge in [-0.1, -0.05) is 44.2 Å². The second-order valence-corrected chi connectivity index (χ2v) is 6.79. The van der Waals surface area contributed by atoms with Gasteiger partial charge in [-0.15, -0.1) is 0 Å². The first kappa shape index (κ1) is 18.3. The van der Waals surface area contributed by atoms with Crippen LogP contribution in [-0.2, 0) is 16.0 Å². The van der Waals surface area contributed by atoms with Crippen LogP contribution in [0.2, 0.25) is 0 Å². The van der Waals surface area contributed by atoms with E-state index in [-0.39, 0.29) is 18.0 Å². The average molecular weight is 332 g/mol. The Morgan fingerprint density at radius 3 is 2.50 bits per heavy atom. The van der Waals surface area contributed by atoms with Gasteiger partial charge in [0.05, 0.1) is 6.61 Å². The van der Waals surface area contributed by atoms with Gasteiger partial charge in [-0.3, -0.25) is 4.79 Å². The third kappa shape index (κ3) is 6.22. The fourth-order valence-corrected chi connectivity index (χ4v) is 2.74. The van der Waals surface area contributed by atoms with Gasteiger partial charge in [0.1, 0.15) is 0 Å². The van der Waals surface area contributed by atoms with E-state index in [1.807, 2.05) is 44.2 Å². The van der Waals surface area contributed by atoms with Crippen molar-refractivity contribution in [1.82, 2.24) is 10.2 Å². The van der Waals surface area contributed by atoms with Crippen LogP contribution in [0.15, 0.2) is 30.3 Å². The van der Waals surface area contributed by atoms with Crippen molar-refractivity contribution in [3.8, 4) is 0 Å². The summed E-state index contributed by atoms with van der Waals surface area (Å²) >= 11 is 0. The Kier molecular flexibility index (Phi) is 7.09. The fraction of sp³-hybridized carbons (Fsp3) is 0.579. The SMILES string of the molecule is CC(C)COC(=O)N1CCC(NC(=O)CCc2ccccc2)CC1. The summed E-state index contributed by atoms with van der Waals surface area (Å²) in [6.45, 7) is 5.77. The first-order valence-corrected chi connectivity index (χ1v) is 8.79. The third-order valence-corrected chi connectivity index (χ3v) is 4.14. The van der Waals surface area contributed by atoms with Crippen molar-refractivity contribution < 1.29 is 14.3 Å². The van der Waals surface area contributed by atoms with Crippen LogP contribution in [0.1, 0.15) is 38.7 Å². The lowest BCUT2D eigenvalue weighted by Gasteiger charge is -2.31. The van der Waals surface area contributed by atoms with Crippen LogP contribution in [0.25, 0.3) is 0 Å². The molecule has 0 radical (unpaired) electrons. The van der Waals surface area contributed by atoms with Gasteiger partial charge in [0, 0.05) is 25.6 Å². The van der Waals surface area contributed by atoms with Crippen molar-refractivity contribution in [3.63, 3.8) is 0 Å². The maximum absolute atomic E-state index is 12.1. The molecule has 1 aliphatic rings. The highest BCUT2D eigenvalue weighted by atomic mass is 16.6. The lowest BCUT2D eigenvalue weighted by Crippen LogP contribution is -2.46. The molecule has 132 valence electrons. The molecule has 0 bridgehead atoms. The van der Waals surface area contributed by atoms with Crippen LogP contribution in [0.5, 0.6) is 0 Å². The lowest BCUT2D eigenvalue weighted by molar-refractivity contribution is -0.122. The summed E-state index contributed by atoms with van der Waals surface area (Å²) in [4.78, 5) is 25.7. The number of likely N-dealkylation sites (tertiary alicyclic amines) is 1. The van der Waals surface area contributed by atoms with Gasteiger partial charge < -0.3 is 15.0 Å². The number of amides is 2. The van der Waals surface area contributed by atoms with Gasteiger partial charge in [0.15, 0.2) is 0 Å². The number of hydrogen-bond donors (Lipinski definition) is 1. The third-order valence-electron chi connectivity index (χ3n) is 4.14.